The van der Waals surface area contributed by atoms with E-state index in [1.807, 2.05) is 0 Å². The maximum absolute atomic E-state index is 13.1. The van der Waals surface area contributed by atoms with Gasteiger partial charge in [-0.2, -0.15) is 5.26 Å². The van der Waals surface area contributed by atoms with E-state index >= 15 is 0 Å². The van der Waals surface area contributed by atoms with Crippen molar-refractivity contribution in [3.05, 3.63) is 34.6 Å². The van der Waals surface area contributed by atoms with Crippen LogP contribution in [0.15, 0.2) is 18.2 Å². The maximum Gasteiger partial charge on any atom is 0.255 e. The number of carbonyl (C=O) groups excluding carboxylic acids is 2. The van der Waals surface area contributed by atoms with E-state index in [1.54, 1.807) is 9.80 Å². The highest BCUT2D eigenvalue weighted by Gasteiger charge is 2.44. The number of carbonyl (C=O) groups is 2. The number of nitriles is 1. The van der Waals surface area contributed by atoms with Crippen LogP contribution in [0, 0.1) is 22.6 Å². The molecule has 0 N–H and O–H groups in total. The molecule has 0 radical (unpaired) electrons. The van der Waals surface area contributed by atoms with Gasteiger partial charge in [-0.15, -0.1) is 0 Å². The summed E-state index contributed by atoms with van der Waals surface area (Å²) in [6.07, 6.45) is 3.04. The van der Waals surface area contributed by atoms with Gasteiger partial charge in [-0.3, -0.25) is 9.59 Å². The Balaban J connectivity index is 1.65. The first-order valence-corrected chi connectivity index (χ1v) is 8.80. The van der Waals surface area contributed by atoms with Crippen LogP contribution in [0.3, 0.4) is 0 Å². The molecule has 1 heterocycles. The summed E-state index contributed by atoms with van der Waals surface area (Å²) >= 11 is 5.96. The molecule has 0 spiro atoms. The smallest absolute Gasteiger partial charge is 0.255 e. The third kappa shape index (κ3) is 3.34. The average Bonchev–Trinajstić information content (AvgIpc) is 3.11. The van der Waals surface area contributed by atoms with Crippen molar-refractivity contribution in [2.75, 3.05) is 26.2 Å². The van der Waals surface area contributed by atoms with Gasteiger partial charge in [0.25, 0.3) is 5.91 Å². The summed E-state index contributed by atoms with van der Waals surface area (Å²) in [5.74, 6) is -0.872. The van der Waals surface area contributed by atoms with Crippen LogP contribution in [-0.2, 0) is 4.79 Å². The molecule has 1 saturated heterocycles. The van der Waals surface area contributed by atoms with Gasteiger partial charge in [-0.25, -0.2) is 4.39 Å². The van der Waals surface area contributed by atoms with Gasteiger partial charge in [0, 0.05) is 26.2 Å². The van der Waals surface area contributed by atoms with Crippen LogP contribution >= 0.6 is 11.6 Å². The van der Waals surface area contributed by atoms with Crippen LogP contribution in [0.4, 0.5) is 4.39 Å². The van der Waals surface area contributed by atoms with Gasteiger partial charge in [-0.05, 0) is 31.0 Å². The number of hydrogen-bond donors (Lipinski definition) is 0. The molecule has 0 atom stereocenters. The summed E-state index contributed by atoms with van der Waals surface area (Å²) in [6.45, 7) is 1.54. The first kappa shape index (κ1) is 17.7. The maximum atomic E-state index is 13.1. The Morgan fingerprint density at radius 2 is 1.72 bits per heavy atom. The van der Waals surface area contributed by atoms with Crippen molar-refractivity contribution >= 4 is 23.4 Å². The van der Waals surface area contributed by atoms with Crippen LogP contribution in [0.5, 0.6) is 0 Å². The predicted octanol–water partition coefficient (Wildman–Crippen LogP) is 2.85. The Morgan fingerprint density at radius 1 is 1.12 bits per heavy atom. The summed E-state index contributed by atoms with van der Waals surface area (Å²) in [5.41, 5.74) is -0.626. The fourth-order valence-corrected chi connectivity index (χ4v) is 3.85. The number of piperazine rings is 1. The molecule has 1 aromatic carbocycles. The van der Waals surface area contributed by atoms with Crippen LogP contribution in [-0.4, -0.2) is 47.8 Å². The molecule has 1 aliphatic heterocycles. The minimum Gasteiger partial charge on any atom is -0.338 e. The normalized spacial score (nSPS) is 19.6. The van der Waals surface area contributed by atoms with Gasteiger partial charge in [0.15, 0.2) is 0 Å². The van der Waals surface area contributed by atoms with Gasteiger partial charge in [-0.1, -0.05) is 24.4 Å². The summed E-state index contributed by atoms with van der Waals surface area (Å²) in [4.78, 5) is 28.6. The lowest BCUT2D eigenvalue weighted by molar-refractivity contribution is -0.140. The van der Waals surface area contributed by atoms with Crippen molar-refractivity contribution in [1.29, 1.82) is 5.26 Å². The Labute approximate surface area is 151 Å². The van der Waals surface area contributed by atoms with E-state index in [-0.39, 0.29) is 22.4 Å². The zero-order valence-corrected chi connectivity index (χ0v) is 14.6. The van der Waals surface area contributed by atoms with E-state index in [1.165, 1.54) is 12.1 Å². The van der Waals surface area contributed by atoms with Crippen molar-refractivity contribution in [2.24, 2.45) is 5.41 Å². The fraction of sp³-hybridized carbons (Fsp3) is 0.500. The molecule has 1 aliphatic carbocycles. The summed E-state index contributed by atoms with van der Waals surface area (Å²) in [5, 5.41) is 9.53. The number of halogens is 2. The number of benzene rings is 1. The van der Waals surface area contributed by atoms with Crippen LogP contribution in [0.25, 0.3) is 0 Å². The third-order valence-corrected chi connectivity index (χ3v) is 5.41. The lowest BCUT2D eigenvalue weighted by Crippen LogP contribution is -2.53. The molecule has 132 valence electrons. The second-order valence-corrected chi connectivity index (χ2v) is 7.02. The Kier molecular flexibility index (Phi) is 4.96. The quantitative estimate of drug-likeness (QED) is 0.811. The molecule has 0 unspecified atom stereocenters. The minimum absolute atomic E-state index is 0.0814. The van der Waals surface area contributed by atoms with Crippen molar-refractivity contribution in [3.63, 3.8) is 0 Å². The predicted molar refractivity (Wildman–Crippen MR) is 90.4 cm³/mol. The van der Waals surface area contributed by atoms with Gasteiger partial charge >= 0.3 is 0 Å². The topological polar surface area (TPSA) is 64.4 Å². The fourth-order valence-electron chi connectivity index (χ4n) is 3.60. The molecule has 2 aliphatic rings. The molecule has 0 bridgehead atoms. The first-order chi connectivity index (χ1) is 12.0. The zero-order valence-electron chi connectivity index (χ0n) is 13.8. The van der Waals surface area contributed by atoms with Crippen LogP contribution < -0.4 is 0 Å². The molecule has 5 nitrogen and oxygen atoms in total. The molecule has 1 saturated carbocycles. The van der Waals surface area contributed by atoms with E-state index in [0.29, 0.717) is 39.0 Å². The molecule has 2 amide bonds. The second-order valence-electron chi connectivity index (χ2n) is 6.61. The van der Waals surface area contributed by atoms with E-state index in [0.717, 1.165) is 18.9 Å². The van der Waals surface area contributed by atoms with E-state index < -0.39 is 11.2 Å². The molecule has 1 aromatic rings. The highest BCUT2D eigenvalue weighted by molar-refractivity contribution is 6.33. The average molecular weight is 364 g/mol. The first-order valence-electron chi connectivity index (χ1n) is 8.42. The van der Waals surface area contributed by atoms with Gasteiger partial charge in [0.05, 0.1) is 16.7 Å². The molecule has 2 fully saturated rings. The molecular formula is C18H19ClFN3O2. The van der Waals surface area contributed by atoms with E-state index in [9.17, 15) is 19.2 Å². The molecule has 25 heavy (non-hydrogen) atoms. The van der Waals surface area contributed by atoms with Crippen molar-refractivity contribution in [3.8, 4) is 6.07 Å². The highest BCUT2D eigenvalue weighted by Crippen LogP contribution is 2.39. The number of nitrogens with zero attached hydrogens (tertiary/aromatic N) is 3. The van der Waals surface area contributed by atoms with Gasteiger partial charge < -0.3 is 9.80 Å². The van der Waals surface area contributed by atoms with Gasteiger partial charge in [0.2, 0.25) is 5.91 Å². The molecular weight excluding hydrogens is 345 g/mol. The highest BCUT2D eigenvalue weighted by atomic mass is 35.5. The van der Waals surface area contributed by atoms with Crippen molar-refractivity contribution < 1.29 is 14.0 Å². The number of amides is 2. The van der Waals surface area contributed by atoms with E-state index in [4.69, 9.17) is 11.6 Å². The molecule has 3 rings (SSSR count). The third-order valence-electron chi connectivity index (χ3n) is 5.10. The minimum atomic E-state index is -0.882. The largest absolute Gasteiger partial charge is 0.338 e. The lowest BCUT2D eigenvalue weighted by atomic mass is 9.86. The van der Waals surface area contributed by atoms with Gasteiger partial charge in [0.1, 0.15) is 11.2 Å². The summed E-state index contributed by atoms with van der Waals surface area (Å²) < 4.78 is 13.1. The van der Waals surface area contributed by atoms with Crippen LogP contribution in [0.1, 0.15) is 36.0 Å². The molecule has 0 aromatic heterocycles. The standard InChI is InChI=1S/C18H19ClFN3O2/c19-15-11-13(20)3-4-14(15)16(24)22-7-9-23(10-8-22)17(25)18(12-21)5-1-2-6-18/h3-4,11H,1-2,5-10H2. The summed E-state index contributed by atoms with van der Waals surface area (Å²) in [6, 6.07) is 5.92. The molecule has 7 heteroatoms. The van der Waals surface area contributed by atoms with Crippen molar-refractivity contribution in [2.45, 2.75) is 25.7 Å². The monoisotopic (exact) mass is 363 g/mol. The van der Waals surface area contributed by atoms with Crippen molar-refractivity contribution in [1.82, 2.24) is 9.80 Å². The summed E-state index contributed by atoms with van der Waals surface area (Å²) in [7, 11) is 0. The Morgan fingerprint density at radius 3 is 2.28 bits per heavy atom. The second kappa shape index (κ2) is 7.01. The number of rotatable bonds is 2. The Hall–Kier alpha value is -2.13. The lowest BCUT2D eigenvalue weighted by Gasteiger charge is -2.37. The number of hydrogen-bond acceptors (Lipinski definition) is 3. The Bertz CT molecular complexity index is 732. The van der Waals surface area contributed by atoms with Crippen LogP contribution in [0.2, 0.25) is 5.02 Å². The SMILES string of the molecule is N#CC1(C(=O)N2CCN(C(=O)c3ccc(F)cc3Cl)CC2)CCCC1. The zero-order chi connectivity index (χ0) is 18.0. The van der Waals surface area contributed by atoms with E-state index in [2.05, 4.69) is 6.07 Å².